The lowest BCUT2D eigenvalue weighted by Crippen LogP contribution is -2.49. The van der Waals surface area contributed by atoms with Crippen LogP contribution in [0.5, 0.6) is 0 Å². The van der Waals surface area contributed by atoms with Gasteiger partial charge in [0.15, 0.2) is 11.6 Å². The Labute approximate surface area is 188 Å². The van der Waals surface area contributed by atoms with Crippen molar-refractivity contribution in [2.24, 2.45) is 0 Å². The number of anilines is 3. The molecule has 3 aromatic heterocycles. The Morgan fingerprint density at radius 2 is 1.72 bits per heavy atom. The zero-order chi connectivity index (χ0) is 22.9. The molecule has 4 heterocycles. The summed E-state index contributed by atoms with van der Waals surface area (Å²) in [5.74, 6) is 2.03. The molecule has 0 bridgehead atoms. The molecule has 0 aromatic carbocycles. The van der Waals surface area contributed by atoms with E-state index in [2.05, 4.69) is 25.6 Å². The van der Waals surface area contributed by atoms with Crippen molar-refractivity contribution in [3.8, 4) is 0 Å². The van der Waals surface area contributed by atoms with Crippen LogP contribution in [0, 0.1) is 20.8 Å². The molecule has 0 aliphatic carbocycles. The highest BCUT2D eigenvalue weighted by molar-refractivity contribution is 7.89. The van der Waals surface area contributed by atoms with Crippen LogP contribution in [0.3, 0.4) is 0 Å². The number of hydrogen-bond acceptors (Lipinski definition) is 8. The first-order valence-electron chi connectivity index (χ1n) is 10.6. The summed E-state index contributed by atoms with van der Waals surface area (Å²) in [4.78, 5) is 6.77. The molecule has 1 N–H and O–H groups in total. The number of rotatable bonds is 6. The third kappa shape index (κ3) is 4.30. The van der Waals surface area contributed by atoms with Gasteiger partial charge in [-0.15, -0.1) is 10.2 Å². The van der Waals surface area contributed by atoms with Crippen LogP contribution in [-0.4, -0.2) is 63.9 Å². The van der Waals surface area contributed by atoms with Crippen molar-refractivity contribution in [2.75, 3.05) is 36.4 Å². The van der Waals surface area contributed by atoms with Crippen LogP contribution >= 0.6 is 0 Å². The Balaban J connectivity index is 1.42. The Morgan fingerprint density at radius 3 is 2.31 bits per heavy atom. The quantitative estimate of drug-likeness (QED) is 0.602. The van der Waals surface area contributed by atoms with E-state index in [4.69, 9.17) is 0 Å². The van der Waals surface area contributed by atoms with E-state index in [1.165, 1.54) is 4.31 Å². The van der Waals surface area contributed by atoms with Gasteiger partial charge in [-0.25, -0.2) is 13.4 Å². The van der Waals surface area contributed by atoms with Gasteiger partial charge in [0.2, 0.25) is 10.0 Å². The van der Waals surface area contributed by atoms with Crippen molar-refractivity contribution in [1.82, 2.24) is 29.3 Å². The van der Waals surface area contributed by atoms with Gasteiger partial charge in [0.1, 0.15) is 10.7 Å². The van der Waals surface area contributed by atoms with Crippen molar-refractivity contribution in [1.29, 1.82) is 0 Å². The zero-order valence-electron chi connectivity index (χ0n) is 18.8. The number of hydrogen-bond donors (Lipinski definition) is 1. The smallest absolute Gasteiger partial charge is 0.246 e. The molecule has 3 aromatic rings. The molecular formula is C21H28N8O2S. The van der Waals surface area contributed by atoms with E-state index in [9.17, 15) is 8.42 Å². The van der Waals surface area contributed by atoms with Gasteiger partial charge in [-0.1, -0.05) is 6.07 Å². The Morgan fingerprint density at radius 1 is 0.969 bits per heavy atom. The number of pyridine rings is 1. The van der Waals surface area contributed by atoms with Gasteiger partial charge >= 0.3 is 0 Å². The predicted octanol–water partition coefficient (Wildman–Crippen LogP) is 2.27. The van der Waals surface area contributed by atoms with Crippen LogP contribution in [0.4, 0.5) is 17.5 Å². The van der Waals surface area contributed by atoms with Crippen LogP contribution in [0.2, 0.25) is 0 Å². The van der Waals surface area contributed by atoms with Crippen molar-refractivity contribution in [2.45, 2.75) is 39.1 Å². The van der Waals surface area contributed by atoms with Gasteiger partial charge in [0.05, 0.1) is 11.4 Å². The minimum atomic E-state index is -3.59. The summed E-state index contributed by atoms with van der Waals surface area (Å²) in [5.41, 5.74) is 2.15. The van der Waals surface area contributed by atoms with Gasteiger partial charge in [-0.2, -0.15) is 9.40 Å². The minimum absolute atomic E-state index is 0.327. The molecule has 32 heavy (non-hydrogen) atoms. The van der Waals surface area contributed by atoms with Crippen molar-refractivity contribution < 1.29 is 8.42 Å². The monoisotopic (exact) mass is 456 g/mol. The summed E-state index contributed by atoms with van der Waals surface area (Å²) in [6.45, 7) is 9.93. The van der Waals surface area contributed by atoms with E-state index in [-0.39, 0.29) is 0 Å². The summed E-state index contributed by atoms with van der Waals surface area (Å²) in [5, 5.41) is 16.1. The van der Waals surface area contributed by atoms with Crippen LogP contribution in [-0.2, 0) is 16.6 Å². The second-order valence-corrected chi connectivity index (χ2v) is 9.65. The van der Waals surface area contributed by atoms with Crippen molar-refractivity contribution >= 4 is 27.5 Å². The van der Waals surface area contributed by atoms with Crippen molar-refractivity contribution in [3.05, 3.63) is 47.4 Å². The van der Waals surface area contributed by atoms with E-state index in [1.54, 1.807) is 11.6 Å². The van der Waals surface area contributed by atoms with Crippen LogP contribution < -0.4 is 10.2 Å². The molecule has 170 valence electrons. The Hall–Kier alpha value is -3.05. The molecule has 0 saturated carbocycles. The molecule has 11 heteroatoms. The average Bonchev–Trinajstić information content (AvgIpc) is 3.08. The minimum Gasteiger partial charge on any atom is -0.352 e. The van der Waals surface area contributed by atoms with Crippen LogP contribution in [0.15, 0.2) is 35.2 Å². The lowest BCUT2D eigenvalue weighted by molar-refractivity contribution is 0.383. The van der Waals surface area contributed by atoms with Gasteiger partial charge in [0, 0.05) is 38.4 Å². The third-order valence-electron chi connectivity index (χ3n) is 5.57. The second kappa shape index (κ2) is 8.83. The molecule has 10 nitrogen and oxygen atoms in total. The van der Waals surface area contributed by atoms with E-state index in [0.717, 1.165) is 11.5 Å². The molecule has 0 spiro atoms. The summed E-state index contributed by atoms with van der Waals surface area (Å²) in [6, 6.07) is 9.46. The summed E-state index contributed by atoms with van der Waals surface area (Å²) in [6.07, 6.45) is 0. The summed E-state index contributed by atoms with van der Waals surface area (Å²) < 4.78 is 29.8. The number of nitrogens with one attached hydrogen (secondary N) is 1. The van der Waals surface area contributed by atoms with Gasteiger partial charge in [-0.3, -0.25) is 4.68 Å². The SMILES string of the molecule is CCn1nc(C)c(S(=O)(=O)N2CCN(c3ccc(Nc4cccc(C)n4)nn3)CC2)c1C. The molecule has 0 atom stereocenters. The van der Waals surface area contributed by atoms with Crippen molar-refractivity contribution in [3.63, 3.8) is 0 Å². The summed E-state index contributed by atoms with van der Waals surface area (Å²) >= 11 is 0. The van der Waals surface area contributed by atoms with E-state index < -0.39 is 10.0 Å². The first kappa shape index (κ1) is 22.2. The molecular weight excluding hydrogens is 428 g/mol. The third-order valence-corrected chi connectivity index (χ3v) is 7.72. The molecule has 0 radical (unpaired) electrons. The topological polar surface area (TPSA) is 109 Å². The molecule has 1 saturated heterocycles. The Bertz CT molecular complexity index is 1200. The molecule has 1 aliphatic rings. The fourth-order valence-electron chi connectivity index (χ4n) is 3.95. The largest absolute Gasteiger partial charge is 0.352 e. The fraction of sp³-hybridized carbons (Fsp3) is 0.429. The molecule has 0 unspecified atom stereocenters. The first-order chi connectivity index (χ1) is 15.3. The highest BCUT2D eigenvalue weighted by Crippen LogP contribution is 2.25. The van der Waals surface area contributed by atoms with Crippen LogP contribution in [0.1, 0.15) is 24.0 Å². The highest BCUT2D eigenvalue weighted by atomic mass is 32.2. The second-order valence-electron chi connectivity index (χ2n) is 7.77. The number of aromatic nitrogens is 5. The van der Waals surface area contributed by atoms with E-state index in [0.29, 0.717) is 60.6 Å². The maximum Gasteiger partial charge on any atom is 0.246 e. The predicted molar refractivity (Wildman–Crippen MR) is 123 cm³/mol. The van der Waals surface area contributed by atoms with Gasteiger partial charge < -0.3 is 10.2 Å². The number of sulfonamides is 1. The zero-order valence-corrected chi connectivity index (χ0v) is 19.6. The molecule has 1 fully saturated rings. The maximum atomic E-state index is 13.3. The normalized spacial score (nSPS) is 15.2. The standard InChI is InChI=1S/C21H28N8O2S/c1-5-29-17(4)21(16(3)26-29)32(30,31)28-13-11-27(12-14-28)20-10-9-19(24-25-20)23-18-8-6-7-15(2)22-18/h6-10H,5,11-14H2,1-4H3,(H,22,23,24). The molecule has 1 aliphatic heterocycles. The van der Waals surface area contributed by atoms with Gasteiger partial charge in [-0.05, 0) is 52.0 Å². The maximum absolute atomic E-state index is 13.3. The first-order valence-corrected chi connectivity index (χ1v) is 12.1. The number of piperazine rings is 1. The van der Waals surface area contributed by atoms with E-state index in [1.807, 2.05) is 56.0 Å². The highest BCUT2D eigenvalue weighted by Gasteiger charge is 2.33. The lowest BCUT2D eigenvalue weighted by Gasteiger charge is -2.34. The molecule has 0 amide bonds. The van der Waals surface area contributed by atoms with Crippen LogP contribution in [0.25, 0.3) is 0 Å². The number of nitrogens with zero attached hydrogens (tertiary/aromatic N) is 7. The summed E-state index contributed by atoms with van der Waals surface area (Å²) in [7, 11) is -3.59. The van der Waals surface area contributed by atoms with E-state index >= 15 is 0 Å². The fourth-order valence-corrected chi connectivity index (χ4v) is 5.75. The molecule has 4 rings (SSSR count). The van der Waals surface area contributed by atoms with Gasteiger partial charge in [0.25, 0.3) is 0 Å². The average molecular weight is 457 g/mol. The lowest BCUT2D eigenvalue weighted by atomic mass is 10.3. The Kier molecular flexibility index (Phi) is 6.11. The number of aryl methyl sites for hydroxylation is 3.